The van der Waals surface area contributed by atoms with E-state index in [-0.39, 0.29) is 30.8 Å². The van der Waals surface area contributed by atoms with Gasteiger partial charge in [0.2, 0.25) is 0 Å². The Labute approximate surface area is 279 Å². The topological polar surface area (TPSA) is 106 Å². The Balaban J connectivity index is 1.13. The van der Waals surface area contributed by atoms with Gasteiger partial charge in [0, 0.05) is 42.7 Å². The summed E-state index contributed by atoms with van der Waals surface area (Å²) < 4.78 is 13.2. The molecule has 1 fully saturated rings. The highest BCUT2D eigenvalue weighted by molar-refractivity contribution is 7.99. The van der Waals surface area contributed by atoms with E-state index >= 15 is 0 Å². The summed E-state index contributed by atoms with van der Waals surface area (Å²) in [6.45, 7) is 3.04. The first-order chi connectivity index (χ1) is 23.1. The normalized spacial score (nSPS) is 19.2. The molecular formula is C38H38N4O4S. The number of hydrogen-bond donors (Lipinski definition) is 3. The largest absolute Gasteiger partial charge is 0.392 e. The van der Waals surface area contributed by atoms with Gasteiger partial charge in [-0.2, -0.15) is 0 Å². The van der Waals surface area contributed by atoms with E-state index in [0.29, 0.717) is 24.0 Å². The summed E-state index contributed by atoms with van der Waals surface area (Å²) in [4.78, 5) is 21.1. The molecule has 4 aromatic carbocycles. The van der Waals surface area contributed by atoms with Crippen molar-refractivity contribution < 1.29 is 19.4 Å². The van der Waals surface area contributed by atoms with Gasteiger partial charge in [-0.15, -0.1) is 0 Å². The fourth-order valence-electron chi connectivity index (χ4n) is 5.54. The van der Waals surface area contributed by atoms with Crippen molar-refractivity contribution >= 4 is 17.8 Å². The molecule has 3 N–H and O–H groups in total. The second kappa shape index (κ2) is 15.8. The number of benzene rings is 4. The van der Waals surface area contributed by atoms with Gasteiger partial charge in [-0.1, -0.05) is 116 Å². The Morgan fingerprint density at radius 1 is 0.745 bits per heavy atom. The number of carbonyl (C=O) groups is 1. The minimum Gasteiger partial charge on any atom is -0.392 e. The lowest BCUT2D eigenvalue weighted by molar-refractivity contribution is -0.268. The molecule has 2 heterocycles. The summed E-state index contributed by atoms with van der Waals surface area (Å²) in [6, 6.07) is 35.8. The van der Waals surface area contributed by atoms with Crippen LogP contribution in [-0.2, 0) is 29.2 Å². The summed E-state index contributed by atoms with van der Waals surface area (Å²) in [5.74, 6) is 0.748. The zero-order valence-corrected chi connectivity index (χ0v) is 27.0. The molecule has 8 nitrogen and oxygen atoms in total. The Hall–Kier alpha value is -4.54. The van der Waals surface area contributed by atoms with Gasteiger partial charge in [-0.25, -0.2) is 14.8 Å². The SMILES string of the molecule is CC1C(CSc2ncccn2)OC(c2ccc(-c3cccc(CNC(=O)NCc4ccccc4)c3)cc2)OC1c1ccc(CO)cc1. The Bertz CT molecular complexity index is 1720. The molecule has 0 bridgehead atoms. The van der Waals surface area contributed by atoms with Gasteiger partial charge < -0.3 is 25.2 Å². The maximum Gasteiger partial charge on any atom is 0.315 e. The number of urea groups is 1. The van der Waals surface area contributed by atoms with Crippen molar-refractivity contribution in [3.8, 4) is 11.1 Å². The van der Waals surface area contributed by atoms with Crippen molar-refractivity contribution in [1.29, 1.82) is 0 Å². The van der Waals surface area contributed by atoms with E-state index < -0.39 is 6.29 Å². The molecule has 0 aliphatic carbocycles. The molecule has 1 saturated heterocycles. The molecule has 0 saturated carbocycles. The van der Waals surface area contributed by atoms with Crippen LogP contribution in [0.2, 0.25) is 0 Å². The fourth-order valence-corrected chi connectivity index (χ4v) is 6.51. The third kappa shape index (κ3) is 8.64. The second-order valence-electron chi connectivity index (χ2n) is 11.5. The lowest BCUT2D eigenvalue weighted by Crippen LogP contribution is -2.38. The highest BCUT2D eigenvalue weighted by Gasteiger charge is 2.38. The number of ether oxygens (including phenoxy) is 2. The number of thioether (sulfide) groups is 1. The number of aromatic nitrogens is 2. The van der Waals surface area contributed by atoms with Gasteiger partial charge in [0.1, 0.15) is 0 Å². The van der Waals surface area contributed by atoms with Crippen LogP contribution in [0.5, 0.6) is 0 Å². The maximum atomic E-state index is 12.4. The first-order valence-electron chi connectivity index (χ1n) is 15.7. The van der Waals surface area contributed by atoms with Crippen molar-refractivity contribution in [1.82, 2.24) is 20.6 Å². The number of carbonyl (C=O) groups excluding carboxylic acids is 1. The number of hydrogen-bond acceptors (Lipinski definition) is 7. The quantitative estimate of drug-likeness (QED) is 0.103. The Morgan fingerprint density at radius 3 is 2.15 bits per heavy atom. The van der Waals surface area contributed by atoms with Crippen LogP contribution in [0.15, 0.2) is 127 Å². The number of nitrogens with one attached hydrogen (secondary N) is 2. The first-order valence-corrected chi connectivity index (χ1v) is 16.7. The molecule has 240 valence electrons. The number of rotatable bonds is 11. The molecule has 1 aliphatic rings. The van der Waals surface area contributed by atoms with Crippen molar-refractivity contribution in [3.63, 3.8) is 0 Å². The third-order valence-electron chi connectivity index (χ3n) is 8.23. The van der Waals surface area contributed by atoms with Crippen LogP contribution in [0.25, 0.3) is 11.1 Å². The Kier molecular flexibility index (Phi) is 10.9. The molecule has 0 spiro atoms. The predicted molar refractivity (Wildman–Crippen MR) is 183 cm³/mol. The van der Waals surface area contributed by atoms with E-state index in [2.05, 4.69) is 51.8 Å². The summed E-state index contributed by atoms with van der Waals surface area (Å²) in [5.41, 5.74) is 7.00. The maximum absolute atomic E-state index is 12.4. The number of aliphatic hydroxyl groups excluding tert-OH is 1. The molecule has 0 radical (unpaired) electrons. The fraction of sp³-hybridized carbons (Fsp3) is 0.237. The van der Waals surface area contributed by atoms with Crippen LogP contribution in [0, 0.1) is 5.92 Å². The van der Waals surface area contributed by atoms with E-state index in [1.807, 2.05) is 84.9 Å². The Morgan fingerprint density at radius 2 is 1.43 bits per heavy atom. The van der Waals surface area contributed by atoms with Crippen LogP contribution in [0.3, 0.4) is 0 Å². The number of aliphatic hydroxyl groups is 1. The summed E-state index contributed by atoms with van der Waals surface area (Å²) >= 11 is 1.57. The average Bonchev–Trinajstić information content (AvgIpc) is 3.14. The molecular weight excluding hydrogens is 609 g/mol. The molecule has 9 heteroatoms. The van der Waals surface area contributed by atoms with Gasteiger partial charge >= 0.3 is 6.03 Å². The van der Waals surface area contributed by atoms with Gasteiger partial charge in [0.25, 0.3) is 0 Å². The standard InChI is InChI=1S/C38H38N4O4S/c1-26-34(25-47-38-39-19-6-20-40-38)45-36(46-35(26)31-13-11-28(24-43)12-14-31)32-17-15-30(16-18-32)33-10-5-9-29(21-33)23-42-37(44)41-22-27-7-3-2-4-8-27/h2-21,26,34-36,43H,22-25H2,1H3,(H2,41,42,44). The van der Waals surface area contributed by atoms with E-state index in [1.54, 1.807) is 24.2 Å². The molecule has 47 heavy (non-hydrogen) atoms. The minimum absolute atomic E-state index is 0.000704. The van der Waals surface area contributed by atoms with Crippen molar-refractivity contribution in [2.45, 2.75) is 50.3 Å². The van der Waals surface area contributed by atoms with Crippen LogP contribution in [0.4, 0.5) is 4.79 Å². The van der Waals surface area contributed by atoms with Crippen LogP contribution in [-0.4, -0.2) is 33.0 Å². The van der Waals surface area contributed by atoms with Crippen molar-refractivity contribution in [2.75, 3.05) is 5.75 Å². The highest BCUT2D eigenvalue weighted by Crippen LogP contribution is 2.43. The molecule has 5 aromatic rings. The third-order valence-corrected chi connectivity index (χ3v) is 9.20. The lowest BCUT2D eigenvalue weighted by atomic mass is 9.91. The molecule has 4 atom stereocenters. The van der Waals surface area contributed by atoms with Gasteiger partial charge in [-0.05, 0) is 45.5 Å². The lowest BCUT2D eigenvalue weighted by Gasteiger charge is -2.41. The summed E-state index contributed by atoms with van der Waals surface area (Å²) in [6.07, 6.45) is 2.62. The molecule has 6 rings (SSSR count). The van der Waals surface area contributed by atoms with Crippen molar-refractivity contribution in [2.24, 2.45) is 5.92 Å². The number of nitrogens with zero attached hydrogens (tertiary/aromatic N) is 2. The van der Waals surface area contributed by atoms with E-state index in [0.717, 1.165) is 38.9 Å². The van der Waals surface area contributed by atoms with Gasteiger partial charge in [0.05, 0.1) is 18.8 Å². The van der Waals surface area contributed by atoms with E-state index in [1.165, 1.54) is 0 Å². The summed E-state index contributed by atoms with van der Waals surface area (Å²) in [7, 11) is 0. The summed E-state index contributed by atoms with van der Waals surface area (Å²) in [5, 5.41) is 16.1. The smallest absolute Gasteiger partial charge is 0.315 e. The zero-order valence-electron chi connectivity index (χ0n) is 26.2. The van der Waals surface area contributed by atoms with Crippen LogP contribution in [0.1, 0.15) is 47.1 Å². The molecule has 2 amide bonds. The minimum atomic E-state index is -0.560. The van der Waals surface area contributed by atoms with Crippen LogP contribution >= 0.6 is 11.8 Å². The number of amides is 2. The molecule has 1 aliphatic heterocycles. The monoisotopic (exact) mass is 646 g/mol. The average molecular weight is 647 g/mol. The van der Waals surface area contributed by atoms with Gasteiger partial charge in [-0.3, -0.25) is 0 Å². The van der Waals surface area contributed by atoms with Gasteiger partial charge in [0.15, 0.2) is 11.4 Å². The highest BCUT2D eigenvalue weighted by atomic mass is 32.2. The van der Waals surface area contributed by atoms with Crippen molar-refractivity contribution in [3.05, 3.63) is 149 Å². The predicted octanol–water partition coefficient (Wildman–Crippen LogP) is 7.22. The second-order valence-corrected chi connectivity index (χ2v) is 12.5. The van der Waals surface area contributed by atoms with Crippen LogP contribution < -0.4 is 10.6 Å². The zero-order chi connectivity index (χ0) is 32.4. The molecule has 4 unspecified atom stereocenters. The van der Waals surface area contributed by atoms with E-state index in [4.69, 9.17) is 9.47 Å². The van der Waals surface area contributed by atoms with E-state index in [9.17, 15) is 9.90 Å². The molecule has 1 aromatic heterocycles. The first kappa shape index (κ1) is 32.4.